The van der Waals surface area contributed by atoms with Crippen molar-refractivity contribution in [1.29, 1.82) is 0 Å². The minimum atomic E-state index is 0.798. The van der Waals surface area contributed by atoms with Gasteiger partial charge in [-0.1, -0.05) is 15.9 Å². The Bertz CT molecular complexity index is 468. The third-order valence-corrected chi connectivity index (χ3v) is 3.63. The Labute approximate surface area is 108 Å². The summed E-state index contributed by atoms with van der Waals surface area (Å²) in [6, 6.07) is 8.11. The van der Waals surface area contributed by atoms with Gasteiger partial charge in [0.2, 0.25) is 0 Å². The maximum atomic E-state index is 5.98. The largest absolute Gasteiger partial charge is 0.397 e. The Morgan fingerprint density at radius 2 is 2.19 bits per heavy atom. The summed E-state index contributed by atoms with van der Waals surface area (Å²) < 4.78 is 1.01. The van der Waals surface area contributed by atoms with E-state index in [0.717, 1.165) is 22.4 Å². The van der Waals surface area contributed by atoms with Gasteiger partial charge in [-0.15, -0.1) is 0 Å². The van der Waals surface area contributed by atoms with Crippen LogP contribution in [0.25, 0.3) is 0 Å². The molecule has 2 rings (SSSR count). The van der Waals surface area contributed by atoms with Crippen molar-refractivity contribution in [3.63, 3.8) is 0 Å². The van der Waals surface area contributed by atoms with Crippen LogP contribution in [0.2, 0.25) is 0 Å². The minimum Gasteiger partial charge on any atom is -0.397 e. The molecule has 2 aromatic rings. The third kappa shape index (κ3) is 2.57. The predicted octanol–water partition coefficient (Wildman–Crippen LogP) is 3.73. The lowest BCUT2D eigenvalue weighted by Crippen LogP contribution is -2.17. The predicted molar refractivity (Wildman–Crippen MR) is 75.0 cm³/mol. The molecule has 0 fully saturated rings. The second kappa shape index (κ2) is 4.89. The zero-order valence-electron chi connectivity index (χ0n) is 8.98. The molecule has 84 valence electrons. The molecule has 0 amide bonds. The van der Waals surface area contributed by atoms with Crippen molar-refractivity contribution < 1.29 is 0 Å². The van der Waals surface area contributed by atoms with Gasteiger partial charge in [0.1, 0.15) is 0 Å². The van der Waals surface area contributed by atoms with E-state index in [1.54, 1.807) is 11.3 Å². The number of thiophene rings is 1. The molecule has 0 aliphatic carbocycles. The van der Waals surface area contributed by atoms with Gasteiger partial charge in [0.05, 0.1) is 11.4 Å². The van der Waals surface area contributed by atoms with Crippen molar-refractivity contribution in [2.45, 2.75) is 6.54 Å². The number of hydrogen-bond acceptors (Lipinski definition) is 3. The molecule has 4 heteroatoms. The van der Waals surface area contributed by atoms with Crippen LogP contribution >= 0.6 is 27.3 Å². The summed E-state index contributed by atoms with van der Waals surface area (Å²) in [4.78, 5) is 2.16. The summed E-state index contributed by atoms with van der Waals surface area (Å²) >= 11 is 5.13. The second-order valence-electron chi connectivity index (χ2n) is 3.69. The number of benzene rings is 1. The van der Waals surface area contributed by atoms with E-state index in [1.807, 2.05) is 18.2 Å². The van der Waals surface area contributed by atoms with Gasteiger partial charge >= 0.3 is 0 Å². The van der Waals surface area contributed by atoms with E-state index in [2.05, 4.69) is 44.7 Å². The third-order valence-electron chi connectivity index (χ3n) is 2.40. The van der Waals surface area contributed by atoms with Crippen LogP contribution in [-0.4, -0.2) is 7.05 Å². The van der Waals surface area contributed by atoms with Crippen LogP contribution in [0.15, 0.2) is 39.5 Å². The van der Waals surface area contributed by atoms with E-state index in [1.165, 1.54) is 5.56 Å². The molecule has 0 radical (unpaired) electrons. The molecule has 16 heavy (non-hydrogen) atoms. The van der Waals surface area contributed by atoms with Crippen molar-refractivity contribution >= 4 is 38.6 Å². The second-order valence-corrected chi connectivity index (χ2v) is 5.39. The van der Waals surface area contributed by atoms with Crippen molar-refractivity contribution in [1.82, 2.24) is 0 Å². The molecule has 0 unspecified atom stereocenters. The van der Waals surface area contributed by atoms with E-state index in [9.17, 15) is 0 Å². The van der Waals surface area contributed by atoms with Crippen LogP contribution in [0.3, 0.4) is 0 Å². The number of anilines is 2. The summed E-state index contributed by atoms with van der Waals surface area (Å²) in [6.45, 7) is 0.884. The molecule has 0 bridgehead atoms. The number of rotatable bonds is 3. The lowest BCUT2D eigenvalue weighted by Gasteiger charge is -2.20. The molecule has 1 heterocycles. The van der Waals surface area contributed by atoms with Gasteiger partial charge in [-0.25, -0.2) is 0 Å². The monoisotopic (exact) mass is 296 g/mol. The molecule has 0 aliphatic heterocycles. The fourth-order valence-electron chi connectivity index (χ4n) is 1.61. The van der Waals surface area contributed by atoms with Crippen LogP contribution in [0, 0.1) is 0 Å². The molecular weight excluding hydrogens is 284 g/mol. The summed E-state index contributed by atoms with van der Waals surface area (Å²) in [5.74, 6) is 0. The highest BCUT2D eigenvalue weighted by molar-refractivity contribution is 9.10. The molecular formula is C12H13BrN2S. The lowest BCUT2D eigenvalue weighted by atomic mass is 10.2. The van der Waals surface area contributed by atoms with Gasteiger partial charge in [-0.3, -0.25) is 0 Å². The molecule has 1 aromatic heterocycles. The number of nitrogen functional groups attached to an aromatic ring is 1. The molecule has 2 nitrogen and oxygen atoms in total. The molecule has 2 N–H and O–H groups in total. The number of nitrogens with two attached hydrogens (primary N) is 1. The molecule has 0 atom stereocenters. The lowest BCUT2D eigenvalue weighted by molar-refractivity contribution is 0.929. The Kier molecular flexibility index (Phi) is 3.51. The average Bonchev–Trinajstić information content (AvgIpc) is 2.70. The fourth-order valence-corrected chi connectivity index (χ4v) is 2.65. The zero-order chi connectivity index (χ0) is 11.5. The Balaban J connectivity index is 2.17. The van der Waals surface area contributed by atoms with Gasteiger partial charge in [-0.2, -0.15) is 11.3 Å². The topological polar surface area (TPSA) is 29.3 Å². The zero-order valence-corrected chi connectivity index (χ0v) is 11.4. The number of nitrogens with zero attached hydrogens (tertiary/aromatic N) is 1. The van der Waals surface area contributed by atoms with Gasteiger partial charge in [-0.05, 0) is 40.6 Å². The van der Waals surface area contributed by atoms with E-state index < -0.39 is 0 Å². The Hall–Kier alpha value is -1.00. The maximum absolute atomic E-state index is 5.98. The van der Waals surface area contributed by atoms with Gasteiger partial charge in [0, 0.05) is 18.1 Å². The van der Waals surface area contributed by atoms with E-state index in [4.69, 9.17) is 5.73 Å². The van der Waals surface area contributed by atoms with Gasteiger partial charge < -0.3 is 10.6 Å². The quantitative estimate of drug-likeness (QED) is 0.875. The number of hydrogen-bond donors (Lipinski definition) is 1. The van der Waals surface area contributed by atoms with Crippen LogP contribution in [0.4, 0.5) is 11.4 Å². The summed E-state index contributed by atoms with van der Waals surface area (Å²) in [5, 5.41) is 4.25. The molecule has 0 saturated carbocycles. The molecule has 0 aliphatic rings. The standard InChI is InChI=1S/C12H13BrN2S/c1-15(7-9-4-5-16-8-9)12-3-2-10(13)6-11(12)14/h2-6,8H,7,14H2,1H3. The van der Waals surface area contributed by atoms with E-state index in [0.29, 0.717) is 0 Å². The SMILES string of the molecule is CN(Cc1ccsc1)c1ccc(Br)cc1N. The van der Waals surface area contributed by atoms with Crippen molar-refractivity contribution in [3.8, 4) is 0 Å². The van der Waals surface area contributed by atoms with Crippen LogP contribution in [-0.2, 0) is 6.54 Å². The first-order valence-electron chi connectivity index (χ1n) is 4.94. The van der Waals surface area contributed by atoms with Crippen molar-refractivity contribution in [2.75, 3.05) is 17.7 Å². The first-order chi connectivity index (χ1) is 7.66. The first kappa shape index (κ1) is 11.5. The average molecular weight is 297 g/mol. The summed E-state index contributed by atoms with van der Waals surface area (Å²) in [7, 11) is 2.05. The molecule has 1 aromatic carbocycles. The van der Waals surface area contributed by atoms with E-state index >= 15 is 0 Å². The van der Waals surface area contributed by atoms with E-state index in [-0.39, 0.29) is 0 Å². The van der Waals surface area contributed by atoms with Crippen LogP contribution < -0.4 is 10.6 Å². The first-order valence-corrected chi connectivity index (χ1v) is 6.67. The van der Waals surface area contributed by atoms with Crippen LogP contribution in [0.5, 0.6) is 0 Å². The minimum absolute atomic E-state index is 0.798. The Morgan fingerprint density at radius 1 is 1.38 bits per heavy atom. The highest BCUT2D eigenvalue weighted by Crippen LogP contribution is 2.27. The summed E-state index contributed by atoms with van der Waals surface area (Å²) in [5.41, 5.74) is 9.16. The van der Waals surface area contributed by atoms with Crippen LogP contribution in [0.1, 0.15) is 5.56 Å². The van der Waals surface area contributed by atoms with Crippen molar-refractivity contribution in [2.24, 2.45) is 0 Å². The summed E-state index contributed by atoms with van der Waals surface area (Å²) in [6.07, 6.45) is 0. The maximum Gasteiger partial charge on any atom is 0.0601 e. The fraction of sp³-hybridized carbons (Fsp3) is 0.167. The normalized spacial score (nSPS) is 10.4. The van der Waals surface area contributed by atoms with Gasteiger partial charge in [0.25, 0.3) is 0 Å². The Morgan fingerprint density at radius 3 is 2.81 bits per heavy atom. The number of halogens is 1. The highest BCUT2D eigenvalue weighted by Gasteiger charge is 2.06. The van der Waals surface area contributed by atoms with Crippen molar-refractivity contribution in [3.05, 3.63) is 45.1 Å². The molecule has 0 saturated heterocycles. The van der Waals surface area contributed by atoms with Gasteiger partial charge in [0.15, 0.2) is 0 Å². The highest BCUT2D eigenvalue weighted by atomic mass is 79.9. The molecule has 0 spiro atoms. The smallest absolute Gasteiger partial charge is 0.0601 e.